The first-order valence-corrected chi connectivity index (χ1v) is 10.5. The Kier molecular flexibility index (Phi) is 8.84. The zero-order chi connectivity index (χ0) is 20.6. The second-order valence-electron chi connectivity index (χ2n) is 6.84. The van der Waals surface area contributed by atoms with Gasteiger partial charge in [0.05, 0.1) is 12.4 Å². The molecular formula is C18H28FN3O4S. The third-order valence-electron chi connectivity index (χ3n) is 4.34. The number of nitrogens with zero attached hydrogens (tertiary/aromatic N) is 1. The van der Waals surface area contributed by atoms with E-state index in [1.165, 1.54) is 0 Å². The van der Waals surface area contributed by atoms with Crippen molar-refractivity contribution in [1.82, 2.24) is 0 Å². The number of hydrogen-bond acceptors (Lipinski definition) is 4. The predicted molar refractivity (Wildman–Crippen MR) is 103 cm³/mol. The van der Waals surface area contributed by atoms with Gasteiger partial charge in [-0.15, -0.1) is 0 Å². The highest BCUT2D eigenvalue weighted by Crippen LogP contribution is 2.22. The maximum atomic E-state index is 14.4. The number of carbonyl (C=O) groups is 1. The van der Waals surface area contributed by atoms with E-state index in [0.29, 0.717) is 6.42 Å². The molecule has 0 saturated heterocycles. The summed E-state index contributed by atoms with van der Waals surface area (Å²) >= 11 is 0. The Labute approximate surface area is 159 Å². The highest BCUT2D eigenvalue weighted by atomic mass is 32.2. The normalized spacial score (nSPS) is 17.1. The zero-order valence-electron chi connectivity index (χ0n) is 15.6. The third-order valence-corrected chi connectivity index (χ3v) is 4.88. The van der Waals surface area contributed by atoms with Gasteiger partial charge >= 0.3 is 0 Å². The number of amidine groups is 1. The number of aliphatic hydroxyl groups is 1. The highest BCUT2D eigenvalue weighted by Gasteiger charge is 2.26. The molecule has 5 N–H and O–H groups in total. The molecule has 0 bridgehead atoms. The molecule has 0 aliphatic heterocycles. The lowest BCUT2D eigenvalue weighted by molar-refractivity contribution is -0.121. The molecule has 0 radical (unpaired) electrons. The maximum absolute atomic E-state index is 14.4. The fourth-order valence-electron chi connectivity index (χ4n) is 2.66. The average Bonchev–Trinajstić information content (AvgIpc) is 2.57. The number of halogens is 1. The van der Waals surface area contributed by atoms with Crippen molar-refractivity contribution in [3.8, 4) is 0 Å². The molecule has 7 nitrogen and oxygen atoms in total. The summed E-state index contributed by atoms with van der Waals surface area (Å²) in [7, 11) is -3.73. The number of alkyl halides is 1. The molecule has 1 aromatic rings. The monoisotopic (exact) mass is 401 g/mol. The molecule has 0 saturated carbocycles. The topological polar surface area (TPSA) is 136 Å². The van der Waals surface area contributed by atoms with Gasteiger partial charge in [0, 0.05) is 18.3 Å². The molecule has 0 heterocycles. The summed E-state index contributed by atoms with van der Waals surface area (Å²) < 4.78 is 40.6. The second kappa shape index (κ2) is 10.4. The molecule has 0 aromatic heterocycles. The van der Waals surface area contributed by atoms with Crippen LogP contribution in [0.4, 0.5) is 4.39 Å². The first-order valence-electron chi connectivity index (χ1n) is 8.70. The van der Waals surface area contributed by atoms with Crippen LogP contribution in [0.15, 0.2) is 34.7 Å². The van der Waals surface area contributed by atoms with Crippen molar-refractivity contribution < 1.29 is 22.7 Å². The fraction of sp³-hybridized carbons (Fsp3) is 0.556. The average molecular weight is 402 g/mol. The predicted octanol–water partition coefficient (Wildman–Crippen LogP) is 1.15. The van der Waals surface area contributed by atoms with Gasteiger partial charge in [0.2, 0.25) is 5.91 Å². The van der Waals surface area contributed by atoms with E-state index in [2.05, 4.69) is 4.40 Å². The molecule has 1 rings (SSSR count). The van der Waals surface area contributed by atoms with Gasteiger partial charge in [-0.2, -0.15) is 4.40 Å². The SMILES string of the molecule is CC(CCC(CC(O)C(F)Cc1ccccc1)C(N)=NS(C)(=O)=O)C(N)=O. The fourth-order valence-corrected chi connectivity index (χ4v) is 3.19. The molecule has 1 aromatic carbocycles. The standard InChI is InChI=1S/C18H28FN3O4S/c1-12(18(21)24)8-9-14(17(20)22-27(2,25)26)11-16(23)15(19)10-13-6-4-3-5-7-13/h3-7,12,14-16,23H,8-11H2,1-2H3,(H2,20,22)(H2,21,24). The van der Waals surface area contributed by atoms with Gasteiger partial charge in [-0.05, 0) is 24.8 Å². The number of aliphatic hydroxyl groups excluding tert-OH is 1. The number of rotatable bonds is 11. The van der Waals surface area contributed by atoms with E-state index in [4.69, 9.17) is 11.5 Å². The minimum Gasteiger partial charge on any atom is -0.390 e. The molecular weight excluding hydrogens is 373 g/mol. The van der Waals surface area contributed by atoms with Gasteiger partial charge in [-0.3, -0.25) is 4.79 Å². The molecule has 0 aliphatic carbocycles. The van der Waals surface area contributed by atoms with E-state index in [-0.39, 0.29) is 25.1 Å². The van der Waals surface area contributed by atoms with Crippen LogP contribution in [-0.2, 0) is 21.2 Å². The summed E-state index contributed by atoms with van der Waals surface area (Å²) in [6, 6.07) is 8.87. The minimum absolute atomic E-state index is 0.0234. The number of sulfonamides is 1. The van der Waals surface area contributed by atoms with Crippen LogP contribution in [0.25, 0.3) is 0 Å². The van der Waals surface area contributed by atoms with Crippen LogP contribution in [0.2, 0.25) is 0 Å². The first-order chi connectivity index (χ1) is 12.5. The third kappa shape index (κ3) is 8.96. The molecule has 4 atom stereocenters. The van der Waals surface area contributed by atoms with E-state index in [0.717, 1.165) is 11.8 Å². The lowest BCUT2D eigenvalue weighted by Crippen LogP contribution is -2.34. The molecule has 9 heteroatoms. The van der Waals surface area contributed by atoms with Crippen LogP contribution in [0, 0.1) is 11.8 Å². The van der Waals surface area contributed by atoms with Gasteiger partial charge in [0.1, 0.15) is 12.0 Å². The van der Waals surface area contributed by atoms with Crippen molar-refractivity contribution in [2.24, 2.45) is 27.7 Å². The number of nitrogens with two attached hydrogens (primary N) is 2. The van der Waals surface area contributed by atoms with Gasteiger partial charge in [-0.1, -0.05) is 37.3 Å². The largest absolute Gasteiger partial charge is 0.390 e. The van der Waals surface area contributed by atoms with Crippen LogP contribution in [0.5, 0.6) is 0 Å². The van der Waals surface area contributed by atoms with Crippen molar-refractivity contribution in [3.63, 3.8) is 0 Å². The Morgan fingerprint density at radius 3 is 2.33 bits per heavy atom. The second-order valence-corrected chi connectivity index (χ2v) is 8.48. The molecule has 0 aliphatic rings. The number of amides is 1. The molecule has 1 amide bonds. The van der Waals surface area contributed by atoms with Gasteiger partial charge in [0.25, 0.3) is 10.0 Å². The Balaban J connectivity index is 2.84. The van der Waals surface area contributed by atoms with Crippen molar-refractivity contribution >= 4 is 21.8 Å². The summed E-state index contributed by atoms with van der Waals surface area (Å²) in [5.74, 6) is -1.85. The Morgan fingerprint density at radius 2 is 1.81 bits per heavy atom. The molecule has 27 heavy (non-hydrogen) atoms. The van der Waals surface area contributed by atoms with E-state index in [9.17, 15) is 22.7 Å². The van der Waals surface area contributed by atoms with E-state index in [1.54, 1.807) is 31.2 Å². The number of primary amides is 1. The molecule has 0 fully saturated rings. The number of hydrogen-bond donors (Lipinski definition) is 3. The van der Waals surface area contributed by atoms with Gasteiger partial charge in [-0.25, -0.2) is 12.8 Å². The quantitative estimate of drug-likeness (QED) is 0.377. The molecule has 0 spiro atoms. The Hall–Kier alpha value is -2.00. The number of benzene rings is 1. The van der Waals surface area contributed by atoms with Crippen LogP contribution in [0.3, 0.4) is 0 Å². The molecule has 4 unspecified atom stereocenters. The number of carbonyl (C=O) groups excluding carboxylic acids is 1. The lowest BCUT2D eigenvalue weighted by atomic mass is 9.89. The smallest absolute Gasteiger partial charge is 0.251 e. The Morgan fingerprint density at radius 1 is 1.22 bits per heavy atom. The summed E-state index contributed by atoms with van der Waals surface area (Å²) in [6.07, 6.45) is -1.51. The molecule has 152 valence electrons. The van der Waals surface area contributed by atoms with Crippen LogP contribution in [0.1, 0.15) is 31.7 Å². The van der Waals surface area contributed by atoms with E-state index >= 15 is 0 Å². The van der Waals surface area contributed by atoms with Crippen LogP contribution >= 0.6 is 0 Å². The van der Waals surface area contributed by atoms with Crippen molar-refractivity contribution in [2.75, 3.05) is 6.26 Å². The van der Waals surface area contributed by atoms with E-state index < -0.39 is 40.0 Å². The van der Waals surface area contributed by atoms with Crippen LogP contribution < -0.4 is 11.5 Å². The lowest BCUT2D eigenvalue weighted by Gasteiger charge is -2.23. The van der Waals surface area contributed by atoms with Crippen molar-refractivity contribution in [2.45, 2.75) is 44.9 Å². The van der Waals surface area contributed by atoms with Gasteiger partial charge < -0.3 is 16.6 Å². The Bertz CT molecular complexity index is 740. The van der Waals surface area contributed by atoms with E-state index in [1.807, 2.05) is 6.07 Å². The minimum atomic E-state index is -3.73. The highest BCUT2D eigenvalue weighted by molar-refractivity contribution is 7.89. The summed E-state index contributed by atoms with van der Waals surface area (Å²) in [4.78, 5) is 11.2. The van der Waals surface area contributed by atoms with Crippen molar-refractivity contribution in [3.05, 3.63) is 35.9 Å². The zero-order valence-corrected chi connectivity index (χ0v) is 16.4. The van der Waals surface area contributed by atoms with Gasteiger partial charge in [0.15, 0.2) is 0 Å². The summed E-state index contributed by atoms with van der Waals surface area (Å²) in [5.41, 5.74) is 11.8. The van der Waals surface area contributed by atoms with Crippen LogP contribution in [-0.4, -0.2) is 43.8 Å². The van der Waals surface area contributed by atoms with Crippen molar-refractivity contribution in [1.29, 1.82) is 0 Å². The summed E-state index contributed by atoms with van der Waals surface area (Å²) in [5, 5.41) is 10.2. The maximum Gasteiger partial charge on any atom is 0.251 e. The first kappa shape index (κ1) is 23.0. The summed E-state index contributed by atoms with van der Waals surface area (Å²) in [6.45, 7) is 1.63.